The second kappa shape index (κ2) is 6.13. The number of hydrogen-bond acceptors (Lipinski definition) is 1. The summed E-state index contributed by atoms with van der Waals surface area (Å²) in [6.07, 6.45) is 1.08. The van der Waals surface area contributed by atoms with Crippen LogP contribution in [0.1, 0.15) is 47.2 Å². The van der Waals surface area contributed by atoms with E-state index in [1.165, 1.54) is 33.5 Å². The molecule has 0 aromatic heterocycles. The van der Waals surface area contributed by atoms with Crippen molar-refractivity contribution < 1.29 is 0 Å². The maximum atomic E-state index is 3.73. The third-order valence-corrected chi connectivity index (χ3v) is 3.88. The van der Waals surface area contributed by atoms with Gasteiger partial charge in [-0.3, -0.25) is 0 Å². The molecule has 0 aliphatic rings. The molecule has 20 heavy (non-hydrogen) atoms. The lowest BCUT2D eigenvalue weighted by atomic mass is 10.00. The van der Waals surface area contributed by atoms with Gasteiger partial charge in [-0.2, -0.15) is 0 Å². The van der Waals surface area contributed by atoms with Crippen LogP contribution in [0.25, 0.3) is 0 Å². The minimum atomic E-state index is 0.371. The highest BCUT2D eigenvalue weighted by Gasteiger charge is 2.12. The van der Waals surface area contributed by atoms with Crippen LogP contribution in [0.4, 0.5) is 5.69 Å². The molecule has 2 aromatic carbocycles. The summed E-state index contributed by atoms with van der Waals surface area (Å²) >= 11 is 0. The van der Waals surface area contributed by atoms with E-state index in [-0.39, 0.29) is 0 Å². The van der Waals surface area contributed by atoms with E-state index < -0.39 is 0 Å². The molecule has 0 aliphatic carbocycles. The summed E-state index contributed by atoms with van der Waals surface area (Å²) in [5.74, 6) is 0. The molecule has 1 nitrogen and oxygen atoms in total. The molecule has 0 saturated carbocycles. The Morgan fingerprint density at radius 1 is 0.850 bits per heavy atom. The van der Waals surface area contributed by atoms with Crippen LogP contribution in [-0.2, 0) is 0 Å². The zero-order valence-corrected chi connectivity index (χ0v) is 13.2. The van der Waals surface area contributed by atoms with Gasteiger partial charge in [-0.1, -0.05) is 54.4 Å². The van der Waals surface area contributed by atoms with Gasteiger partial charge in [0.2, 0.25) is 0 Å². The minimum absolute atomic E-state index is 0.371. The standard InChI is InChI=1S/C19H25N/c1-6-18(17-9-7-13(2)8-10-17)20-19-15(4)11-14(3)12-16(19)5/h7-12,18,20H,6H2,1-5H3. The minimum Gasteiger partial charge on any atom is -0.378 e. The number of aryl methyl sites for hydroxylation is 4. The summed E-state index contributed by atoms with van der Waals surface area (Å²) in [5.41, 5.74) is 7.93. The molecule has 0 fully saturated rings. The normalized spacial score (nSPS) is 12.2. The Morgan fingerprint density at radius 3 is 1.90 bits per heavy atom. The van der Waals surface area contributed by atoms with Crippen LogP contribution in [0, 0.1) is 27.7 Å². The largest absolute Gasteiger partial charge is 0.378 e. The molecule has 0 aliphatic heterocycles. The van der Waals surface area contributed by atoms with Crippen molar-refractivity contribution in [2.75, 3.05) is 5.32 Å². The maximum Gasteiger partial charge on any atom is 0.0511 e. The van der Waals surface area contributed by atoms with Gasteiger partial charge in [0, 0.05) is 5.69 Å². The summed E-state index contributed by atoms with van der Waals surface area (Å²) in [6.45, 7) is 10.9. The first-order chi connectivity index (χ1) is 9.51. The second-order valence-corrected chi connectivity index (χ2v) is 5.79. The first-order valence-electron chi connectivity index (χ1n) is 7.42. The van der Waals surface area contributed by atoms with Crippen LogP contribution in [0.3, 0.4) is 0 Å². The van der Waals surface area contributed by atoms with Gasteiger partial charge in [-0.05, 0) is 50.8 Å². The van der Waals surface area contributed by atoms with E-state index in [0.29, 0.717) is 6.04 Å². The van der Waals surface area contributed by atoms with Crippen LogP contribution in [-0.4, -0.2) is 0 Å². The van der Waals surface area contributed by atoms with E-state index in [1.54, 1.807) is 0 Å². The third kappa shape index (κ3) is 3.22. The van der Waals surface area contributed by atoms with Crippen LogP contribution in [0.5, 0.6) is 0 Å². The van der Waals surface area contributed by atoms with E-state index >= 15 is 0 Å². The lowest BCUT2D eigenvalue weighted by molar-refractivity contribution is 0.747. The fraction of sp³-hybridized carbons (Fsp3) is 0.368. The summed E-state index contributed by atoms with van der Waals surface area (Å²) < 4.78 is 0. The van der Waals surface area contributed by atoms with Gasteiger partial charge in [0.15, 0.2) is 0 Å². The summed E-state index contributed by atoms with van der Waals surface area (Å²) in [4.78, 5) is 0. The van der Waals surface area contributed by atoms with E-state index in [4.69, 9.17) is 0 Å². The second-order valence-electron chi connectivity index (χ2n) is 5.79. The smallest absolute Gasteiger partial charge is 0.0511 e. The van der Waals surface area contributed by atoms with Crippen molar-refractivity contribution in [3.8, 4) is 0 Å². The van der Waals surface area contributed by atoms with E-state index in [1.807, 2.05) is 0 Å². The molecular formula is C19H25N. The molecule has 2 rings (SSSR count). The van der Waals surface area contributed by atoms with Gasteiger partial charge in [0.25, 0.3) is 0 Å². The van der Waals surface area contributed by atoms with Crippen molar-refractivity contribution >= 4 is 5.69 Å². The van der Waals surface area contributed by atoms with Gasteiger partial charge in [-0.15, -0.1) is 0 Å². The Kier molecular flexibility index (Phi) is 4.49. The zero-order chi connectivity index (χ0) is 14.7. The van der Waals surface area contributed by atoms with Gasteiger partial charge >= 0.3 is 0 Å². The number of anilines is 1. The number of rotatable bonds is 4. The van der Waals surface area contributed by atoms with Crippen molar-refractivity contribution in [2.45, 2.75) is 47.1 Å². The molecule has 0 heterocycles. The Morgan fingerprint density at radius 2 is 1.40 bits per heavy atom. The lowest BCUT2D eigenvalue weighted by Crippen LogP contribution is -2.11. The van der Waals surface area contributed by atoms with Crippen LogP contribution in [0.15, 0.2) is 36.4 Å². The molecule has 106 valence electrons. The molecule has 1 N–H and O–H groups in total. The third-order valence-electron chi connectivity index (χ3n) is 3.88. The molecule has 0 saturated heterocycles. The zero-order valence-electron chi connectivity index (χ0n) is 13.2. The molecular weight excluding hydrogens is 242 g/mol. The quantitative estimate of drug-likeness (QED) is 0.773. The molecule has 0 radical (unpaired) electrons. The molecule has 0 spiro atoms. The lowest BCUT2D eigenvalue weighted by Gasteiger charge is -2.22. The molecule has 1 atom stereocenters. The van der Waals surface area contributed by atoms with Crippen LogP contribution < -0.4 is 5.32 Å². The monoisotopic (exact) mass is 267 g/mol. The average Bonchev–Trinajstić information content (AvgIpc) is 2.39. The maximum absolute atomic E-state index is 3.73. The van der Waals surface area contributed by atoms with Gasteiger partial charge in [-0.25, -0.2) is 0 Å². The molecule has 1 unspecified atom stereocenters. The van der Waals surface area contributed by atoms with Crippen molar-refractivity contribution in [3.63, 3.8) is 0 Å². The van der Waals surface area contributed by atoms with Crippen molar-refractivity contribution in [2.24, 2.45) is 0 Å². The summed E-state index contributed by atoms with van der Waals surface area (Å²) in [6, 6.07) is 13.7. The summed E-state index contributed by atoms with van der Waals surface area (Å²) in [7, 11) is 0. The number of hydrogen-bond donors (Lipinski definition) is 1. The number of nitrogens with one attached hydrogen (secondary N) is 1. The first-order valence-corrected chi connectivity index (χ1v) is 7.42. The Balaban J connectivity index is 2.29. The van der Waals surface area contributed by atoms with E-state index in [0.717, 1.165) is 6.42 Å². The van der Waals surface area contributed by atoms with Crippen molar-refractivity contribution in [1.82, 2.24) is 0 Å². The van der Waals surface area contributed by atoms with Crippen molar-refractivity contribution in [1.29, 1.82) is 0 Å². The Bertz CT molecular complexity index is 558. The predicted octanol–water partition coefficient (Wildman–Crippen LogP) is 5.48. The number of benzene rings is 2. The van der Waals surface area contributed by atoms with E-state index in [2.05, 4.69) is 76.3 Å². The summed E-state index contributed by atoms with van der Waals surface area (Å²) in [5, 5.41) is 3.73. The van der Waals surface area contributed by atoms with Gasteiger partial charge in [0.05, 0.1) is 6.04 Å². The SMILES string of the molecule is CCC(Nc1c(C)cc(C)cc1C)c1ccc(C)cc1. The highest BCUT2D eigenvalue weighted by molar-refractivity contribution is 5.59. The van der Waals surface area contributed by atoms with Crippen LogP contribution in [0.2, 0.25) is 0 Å². The molecule has 0 amide bonds. The highest BCUT2D eigenvalue weighted by Crippen LogP contribution is 2.28. The fourth-order valence-corrected chi connectivity index (χ4v) is 2.80. The fourth-order valence-electron chi connectivity index (χ4n) is 2.80. The van der Waals surface area contributed by atoms with Crippen molar-refractivity contribution in [3.05, 3.63) is 64.2 Å². The van der Waals surface area contributed by atoms with Crippen LogP contribution >= 0.6 is 0 Å². The molecule has 2 aromatic rings. The topological polar surface area (TPSA) is 12.0 Å². The Labute approximate surface area is 123 Å². The molecule has 0 bridgehead atoms. The van der Waals surface area contributed by atoms with Gasteiger partial charge in [0.1, 0.15) is 0 Å². The highest BCUT2D eigenvalue weighted by atomic mass is 14.9. The first kappa shape index (κ1) is 14.6. The van der Waals surface area contributed by atoms with Gasteiger partial charge < -0.3 is 5.32 Å². The predicted molar refractivity (Wildman–Crippen MR) is 88.5 cm³/mol. The Hall–Kier alpha value is -1.76. The molecule has 1 heteroatoms. The average molecular weight is 267 g/mol. The van der Waals surface area contributed by atoms with E-state index in [9.17, 15) is 0 Å².